The first-order chi connectivity index (χ1) is 34.5. The van der Waals surface area contributed by atoms with E-state index in [4.69, 9.17) is 21.7 Å². The number of nitrogens with one attached hydrogen (secondary N) is 2. The van der Waals surface area contributed by atoms with Crippen molar-refractivity contribution >= 4 is 63.7 Å². The molecule has 7 rings (SSSR count). The van der Waals surface area contributed by atoms with E-state index < -0.39 is 70.1 Å². The highest BCUT2D eigenvalue weighted by Gasteiger charge is 2.51. The molecule has 15 nitrogen and oxygen atoms in total. The van der Waals surface area contributed by atoms with E-state index >= 15 is 0 Å². The fourth-order valence-electron chi connectivity index (χ4n) is 8.72. The van der Waals surface area contributed by atoms with E-state index in [1.54, 1.807) is 98.8 Å². The number of likely N-dealkylation sites (tertiary alicyclic amines) is 1. The first-order valence-electron chi connectivity index (χ1n) is 23.5. The molecule has 0 spiro atoms. The molecule has 73 heavy (non-hydrogen) atoms. The average Bonchev–Trinajstić information content (AvgIpc) is 4.01. The Labute approximate surface area is 430 Å². The van der Waals surface area contributed by atoms with Crippen LogP contribution >= 0.6 is 23.6 Å². The number of amides is 4. The van der Waals surface area contributed by atoms with Gasteiger partial charge in [-0.3, -0.25) is 24.1 Å². The number of phenols is 1. The lowest BCUT2D eigenvalue weighted by atomic mass is 9.85. The highest BCUT2D eigenvalue weighted by atomic mass is 32.1. The highest BCUT2D eigenvalue weighted by molar-refractivity contribution is 7.81. The molecule has 2 aliphatic heterocycles. The molecule has 4 aromatic carbocycles. The number of aryl methyl sites for hydroxylation is 1. The second kappa shape index (κ2) is 22.1. The van der Waals surface area contributed by atoms with E-state index in [2.05, 4.69) is 15.6 Å². The van der Waals surface area contributed by atoms with Crippen LogP contribution in [0.25, 0.3) is 21.6 Å². The zero-order chi connectivity index (χ0) is 53.0. The summed E-state index contributed by atoms with van der Waals surface area (Å²) >= 11 is 7.21. The predicted octanol–water partition coefficient (Wildman–Crippen LogP) is 8.28. The van der Waals surface area contributed by atoms with Crippen LogP contribution in [0.5, 0.6) is 11.5 Å². The first kappa shape index (κ1) is 53.9. The van der Waals surface area contributed by atoms with Gasteiger partial charge in [-0.2, -0.15) is 18.4 Å². The second-order valence-electron chi connectivity index (χ2n) is 19.4. The number of phenolic OH excluding ortho intramolecular Hbond substituents is 1. The van der Waals surface area contributed by atoms with Gasteiger partial charge >= 0.3 is 6.18 Å². The Balaban J connectivity index is 0.855. The number of carbonyl (C=O) groups excluding carboxylic acids is 4. The van der Waals surface area contributed by atoms with E-state index in [9.17, 15) is 47.8 Å². The molecular formula is C53H56F3N7O8S2. The van der Waals surface area contributed by atoms with E-state index in [0.29, 0.717) is 29.7 Å². The maximum Gasteiger partial charge on any atom is 0.417 e. The monoisotopic (exact) mass is 1040 g/mol. The zero-order valence-electron chi connectivity index (χ0n) is 41.1. The summed E-state index contributed by atoms with van der Waals surface area (Å²) in [5.74, 6) is -1.81. The molecule has 3 heterocycles. The Morgan fingerprint density at radius 2 is 1.62 bits per heavy atom. The molecule has 0 unspecified atom stereocenters. The number of rotatable bonds is 17. The molecule has 2 saturated heterocycles. The van der Waals surface area contributed by atoms with Crippen LogP contribution in [-0.4, -0.2) is 98.9 Å². The lowest BCUT2D eigenvalue weighted by Gasteiger charge is -2.35. The van der Waals surface area contributed by atoms with E-state index in [1.165, 1.54) is 17.0 Å². The number of unbranched alkanes of at least 4 members (excludes halogenated alkanes) is 1. The van der Waals surface area contributed by atoms with Gasteiger partial charge in [-0.05, 0) is 116 Å². The first-order valence-corrected chi connectivity index (χ1v) is 24.8. The maximum atomic E-state index is 14.0. The van der Waals surface area contributed by atoms with Gasteiger partial charge in [-0.25, -0.2) is 4.98 Å². The van der Waals surface area contributed by atoms with Crippen molar-refractivity contribution in [2.24, 2.45) is 5.41 Å². The number of carbonyl (C=O) groups is 4. The van der Waals surface area contributed by atoms with Gasteiger partial charge in [0.25, 0.3) is 5.91 Å². The Morgan fingerprint density at radius 1 is 0.959 bits per heavy atom. The minimum atomic E-state index is -4.82. The summed E-state index contributed by atoms with van der Waals surface area (Å²) in [6.45, 7) is 10.9. The fourth-order valence-corrected chi connectivity index (χ4v) is 10.1. The molecule has 384 valence electrons. The lowest BCUT2D eigenvalue weighted by Crippen LogP contribution is -2.58. The number of aliphatic hydroxyl groups excluding tert-OH is 1. The number of hydrogen-bond acceptors (Lipinski definition) is 12. The van der Waals surface area contributed by atoms with Crippen LogP contribution < -0.4 is 25.2 Å². The molecule has 4 amide bonds. The molecule has 0 saturated carbocycles. The molecule has 4 N–H and O–H groups in total. The minimum absolute atomic E-state index is 0.0363. The maximum absolute atomic E-state index is 14.0. The summed E-state index contributed by atoms with van der Waals surface area (Å²) in [5.41, 5.74) is 2.62. The van der Waals surface area contributed by atoms with Crippen LogP contribution in [0.3, 0.4) is 0 Å². The number of halogens is 3. The number of aromatic nitrogens is 1. The van der Waals surface area contributed by atoms with Crippen LogP contribution in [0, 0.1) is 23.7 Å². The third-order valence-electron chi connectivity index (χ3n) is 12.7. The lowest BCUT2D eigenvalue weighted by molar-refractivity contribution is -0.144. The number of β-amino-alcohol motifs (C(OH)–C–C–N with tert-alkyl or cyclic N) is 1. The number of nitrogens with zero attached hydrogens (tertiary/aromatic N) is 5. The number of anilines is 2. The number of alkyl halides is 3. The standard InChI is InChI=1S/C53H56F3N7O8S2/c1-31-45(73-30-59-31)34-11-9-32(10-12-34)27-58-47(67)41-25-39(64)28-61(41)48(68)46(51(2,3)4)60-44(66)29-70-21-7-8-22-71-43-20-16-35(23-42(43)65)33-13-17-37(18-14-33)63-50(72)62(49(69)52(63,5)6)38-19-15-36(26-57)40(24-38)53(54,55)56/h9-20,23-24,30,39,41,46,64-65H,7-8,21-22,25,27-29H2,1-6H3,(H,58,67)(H,60,66)/t39-,41+,46-/m1/s1. The predicted molar refractivity (Wildman–Crippen MR) is 274 cm³/mol. The van der Waals surface area contributed by atoms with Gasteiger partial charge in [0, 0.05) is 31.8 Å². The number of thiocarbonyl (C=S) groups is 1. The average molecular weight is 1040 g/mol. The van der Waals surface area contributed by atoms with Crippen LogP contribution in [0.1, 0.15) is 76.3 Å². The Morgan fingerprint density at radius 3 is 2.25 bits per heavy atom. The smallest absolute Gasteiger partial charge is 0.417 e. The summed E-state index contributed by atoms with van der Waals surface area (Å²) in [5, 5.41) is 36.3. The Bertz CT molecular complexity index is 2920. The number of aliphatic hydroxyl groups is 1. The zero-order valence-corrected chi connectivity index (χ0v) is 42.7. The summed E-state index contributed by atoms with van der Waals surface area (Å²) in [6, 6.07) is 22.3. The summed E-state index contributed by atoms with van der Waals surface area (Å²) in [7, 11) is 0. The van der Waals surface area contributed by atoms with Crippen LogP contribution in [0.4, 0.5) is 24.5 Å². The van der Waals surface area contributed by atoms with Gasteiger partial charge in [0.15, 0.2) is 16.6 Å². The SMILES string of the molecule is Cc1ncsc1-c1ccc(CNC(=O)[C@@H]2C[C@@H](O)CN2C(=O)[C@@H](NC(=O)COCCCCOc2ccc(-c3ccc(N4C(=S)N(c5ccc(C#N)c(C(F)(F)F)c5)C(=O)C4(C)C)cc3)cc2O)C(C)(C)C)cc1. The number of hydrogen-bond donors (Lipinski definition) is 4. The Kier molecular flexibility index (Phi) is 16.3. The summed E-state index contributed by atoms with van der Waals surface area (Å²) in [6.07, 6.45) is -4.63. The van der Waals surface area contributed by atoms with Crippen molar-refractivity contribution < 1.29 is 52.0 Å². The van der Waals surface area contributed by atoms with Gasteiger partial charge < -0.3 is 40.1 Å². The summed E-state index contributed by atoms with van der Waals surface area (Å²) < 4.78 is 52.8. The van der Waals surface area contributed by atoms with Crippen molar-refractivity contribution in [3.8, 4) is 39.1 Å². The number of ether oxygens (including phenoxy) is 2. The molecule has 20 heteroatoms. The number of benzene rings is 4. The van der Waals surface area contributed by atoms with Crippen molar-refractivity contribution in [2.45, 2.75) is 97.3 Å². The van der Waals surface area contributed by atoms with Crippen molar-refractivity contribution in [1.29, 1.82) is 5.26 Å². The molecule has 3 atom stereocenters. The topological polar surface area (TPSA) is 198 Å². The largest absolute Gasteiger partial charge is 0.504 e. The highest BCUT2D eigenvalue weighted by Crippen LogP contribution is 2.41. The van der Waals surface area contributed by atoms with Crippen molar-refractivity contribution in [2.75, 3.05) is 36.2 Å². The van der Waals surface area contributed by atoms with E-state index in [-0.39, 0.29) is 61.6 Å². The van der Waals surface area contributed by atoms with E-state index in [1.807, 2.05) is 31.2 Å². The van der Waals surface area contributed by atoms with Gasteiger partial charge in [0.1, 0.15) is 24.2 Å². The van der Waals surface area contributed by atoms with Gasteiger partial charge in [-0.15, -0.1) is 11.3 Å². The van der Waals surface area contributed by atoms with Crippen molar-refractivity contribution in [1.82, 2.24) is 20.5 Å². The minimum Gasteiger partial charge on any atom is -0.504 e. The van der Waals surface area contributed by atoms with Gasteiger partial charge in [0.2, 0.25) is 17.7 Å². The number of aromatic hydroxyl groups is 1. The second-order valence-corrected chi connectivity index (χ2v) is 20.7. The van der Waals surface area contributed by atoms with Crippen LogP contribution in [-0.2, 0) is 36.6 Å². The normalized spacial score (nSPS) is 17.1. The quantitative estimate of drug-likeness (QED) is 0.0515. The number of nitriles is 1. The van der Waals surface area contributed by atoms with Gasteiger partial charge in [-0.1, -0.05) is 63.2 Å². The third-order valence-corrected chi connectivity index (χ3v) is 14.0. The van der Waals surface area contributed by atoms with E-state index in [0.717, 1.165) is 38.7 Å². The molecule has 0 radical (unpaired) electrons. The van der Waals surface area contributed by atoms with Crippen molar-refractivity contribution in [3.63, 3.8) is 0 Å². The van der Waals surface area contributed by atoms with Crippen molar-refractivity contribution in [3.05, 3.63) is 113 Å². The summed E-state index contributed by atoms with van der Waals surface area (Å²) in [4.78, 5) is 63.5. The molecule has 2 aliphatic rings. The third kappa shape index (κ3) is 12.1. The molecule has 0 bridgehead atoms. The molecule has 1 aromatic heterocycles. The molecular weight excluding hydrogens is 984 g/mol. The Hall–Kier alpha value is -6.92. The van der Waals surface area contributed by atoms with Gasteiger partial charge in [0.05, 0.1) is 51.7 Å². The fraction of sp³-hybridized carbons (Fsp3) is 0.377. The van der Waals surface area contributed by atoms with Crippen LogP contribution in [0.2, 0.25) is 0 Å². The molecule has 2 fully saturated rings. The van der Waals surface area contributed by atoms with Crippen LogP contribution in [0.15, 0.2) is 90.4 Å². The molecule has 5 aromatic rings. The molecule has 0 aliphatic carbocycles. The number of thiazole rings is 1.